The lowest BCUT2D eigenvalue weighted by atomic mass is 10.1. The Bertz CT molecular complexity index is 1150. The second-order valence-electron chi connectivity index (χ2n) is 6.76. The smallest absolute Gasteiger partial charge is 0.268 e. The number of nitrogens with one attached hydrogen (secondary N) is 1. The fraction of sp³-hybridized carbons (Fsp3) is 0.227. The summed E-state index contributed by atoms with van der Waals surface area (Å²) >= 11 is 1.33. The molecule has 6 nitrogen and oxygen atoms in total. The van der Waals surface area contributed by atoms with Crippen molar-refractivity contribution in [2.75, 3.05) is 12.4 Å². The van der Waals surface area contributed by atoms with Crippen LogP contribution in [0, 0.1) is 39.0 Å². The molecule has 0 unspecified atom stereocenters. The van der Waals surface area contributed by atoms with E-state index in [1.165, 1.54) is 11.3 Å². The molecule has 3 rings (SSSR count). The van der Waals surface area contributed by atoms with Gasteiger partial charge in [-0.05, 0) is 63.1 Å². The van der Waals surface area contributed by atoms with Crippen LogP contribution in [0.1, 0.15) is 28.2 Å². The number of carbonyl (C=O) groups is 1. The van der Waals surface area contributed by atoms with Crippen LogP contribution in [0.5, 0.6) is 5.75 Å². The van der Waals surface area contributed by atoms with E-state index in [0.29, 0.717) is 5.13 Å². The van der Waals surface area contributed by atoms with Gasteiger partial charge in [-0.3, -0.25) is 10.1 Å². The maximum atomic E-state index is 12.5. The number of hydrogen-bond acceptors (Lipinski definition) is 5. The maximum absolute atomic E-state index is 12.5. The summed E-state index contributed by atoms with van der Waals surface area (Å²) in [6.07, 6.45) is 1.61. The standard InChI is InChI=1S/C22H22N4O2S/c1-13-6-7-20(28-5)19(8-13)26-15(3)9-17(16(26)4)10-18(11-23)21(27)25-22-24-14(2)12-29-22/h6-10,12H,1-5H3,(H,24,25,27). The molecule has 29 heavy (non-hydrogen) atoms. The van der Waals surface area contributed by atoms with Gasteiger partial charge < -0.3 is 9.30 Å². The number of amides is 1. The molecule has 1 aromatic carbocycles. The van der Waals surface area contributed by atoms with Crippen LogP contribution in [0.4, 0.5) is 5.13 Å². The highest BCUT2D eigenvalue weighted by Crippen LogP contribution is 2.30. The first-order valence-corrected chi connectivity index (χ1v) is 9.91. The number of ether oxygens (including phenoxy) is 1. The Morgan fingerprint density at radius 1 is 1.28 bits per heavy atom. The van der Waals surface area contributed by atoms with Gasteiger partial charge in [0.1, 0.15) is 17.4 Å². The first kappa shape index (κ1) is 20.4. The summed E-state index contributed by atoms with van der Waals surface area (Å²) in [7, 11) is 1.64. The van der Waals surface area contributed by atoms with E-state index >= 15 is 0 Å². The molecule has 0 saturated heterocycles. The SMILES string of the molecule is COc1ccc(C)cc1-n1c(C)cc(C=C(C#N)C(=O)Nc2nc(C)cs2)c1C. The third kappa shape index (κ3) is 4.23. The molecule has 0 bridgehead atoms. The van der Waals surface area contributed by atoms with Crippen molar-refractivity contribution in [1.29, 1.82) is 5.26 Å². The first-order chi connectivity index (χ1) is 13.8. The molecule has 0 spiro atoms. The number of rotatable bonds is 5. The van der Waals surface area contributed by atoms with Crippen LogP contribution in [0.2, 0.25) is 0 Å². The quantitative estimate of drug-likeness (QED) is 0.491. The van der Waals surface area contributed by atoms with Crippen LogP contribution in [-0.4, -0.2) is 22.6 Å². The average Bonchev–Trinajstić information content (AvgIpc) is 3.21. The van der Waals surface area contributed by atoms with Gasteiger partial charge >= 0.3 is 0 Å². The van der Waals surface area contributed by atoms with E-state index in [2.05, 4.69) is 20.9 Å². The third-order valence-corrected chi connectivity index (χ3v) is 5.43. The molecule has 0 fully saturated rings. The van der Waals surface area contributed by atoms with Crippen molar-refractivity contribution in [3.63, 3.8) is 0 Å². The van der Waals surface area contributed by atoms with Crippen molar-refractivity contribution >= 4 is 28.5 Å². The predicted molar refractivity (Wildman–Crippen MR) is 116 cm³/mol. The van der Waals surface area contributed by atoms with Gasteiger partial charge in [-0.15, -0.1) is 11.3 Å². The minimum absolute atomic E-state index is 0.0225. The van der Waals surface area contributed by atoms with Crippen molar-refractivity contribution in [2.45, 2.75) is 27.7 Å². The molecule has 3 aromatic rings. The van der Waals surface area contributed by atoms with E-state index in [-0.39, 0.29) is 5.57 Å². The number of nitriles is 1. The van der Waals surface area contributed by atoms with E-state index in [4.69, 9.17) is 4.74 Å². The summed E-state index contributed by atoms with van der Waals surface area (Å²) in [4.78, 5) is 16.7. The second kappa shape index (κ2) is 8.33. The van der Waals surface area contributed by atoms with Crippen molar-refractivity contribution in [3.8, 4) is 17.5 Å². The van der Waals surface area contributed by atoms with Gasteiger partial charge in [0, 0.05) is 16.8 Å². The molecule has 0 atom stereocenters. The maximum Gasteiger partial charge on any atom is 0.268 e. The fourth-order valence-electron chi connectivity index (χ4n) is 3.16. The second-order valence-corrected chi connectivity index (χ2v) is 7.61. The van der Waals surface area contributed by atoms with E-state index < -0.39 is 5.91 Å². The number of aromatic nitrogens is 2. The van der Waals surface area contributed by atoms with Gasteiger partial charge in [0.2, 0.25) is 0 Å². The summed E-state index contributed by atoms with van der Waals surface area (Å²) in [6.45, 7) is 7.81. The lowest BCUT2D eigenvalue weighted by molar-refractivity contribution is -0.112. The number of methoxy groups -OCH3 is 1. The molecule has 0 aliphatic carbocycles. The number of carbonyl (C=O) groups excluding carboxylic acids is 1. The van der Waals surface area contributed by atoms with Gasteiger partial charge in [-0.25, -0.2) is 4.98 Å². The number of anilines is 1. The highest BCUT2D eigenvalue weighted by Gasteiger charge is 2.16. The van der Waals surface area contributed by atoms with Crippen LogP contribution in [-0.2, 0) is 4.79 Å². The zero-order valence-electron chi connectivity index (χ0n) is 17.0. The molecular weight excluding hydrogens is 384 g/mol. The number of benzene rings is 1. The normalized spacial score (nSPS) is 11.2. The molecule has 1 N–H and O–H groups in total. The lowest BCUT2D eigenvalue weighted by Crippen LogP contribution is -2.13. The number of hydrogen-bond donors (Lipinski definition) is 1. The van der Waals surface area contributed by atoms with Crippen molar-refractivity contribution < 1.29 is 9.53 Å². The monoisotopic (exact) mass is 406 g/mol. The largest absolute Gasteiger partial charge is 0.495 e. The first-order valence-electron chi connectivity index (χ1n) is 9.03. The Balaban J connectivity index is 2.00. The number of aryl methyl sites for hydroxylation is 3. The summed E-state index contributed by atoms with van der Waals surface area (Å²) < 4.78 is 7.59. The van der Waals surface area contributed by atoms with Crippen LogP contribution in [0.15, 0.2) is 35.2 Å². The predicted octanol–water partition coefficient (Wildman–Crippen LogP) is 4.72. The van der Waals surface area contributed by atoms with E-state index in [1.54, 1.807) is 13.2 Å². The molecule has 0 radical (unpaired) electrons. The molecule has 0 saturated carbocycles. The molecule has 2 heterocycles. The highest BCUT2D eigenvalue weighted by molar-refractivity contribution is 7.13. The lowest BCUT2D eigenvalue weighted by Gasteiger charge is -2.14. The van der Waals surface area contributed by atoms with E-state index in [0.717, 1.165) is 39.6 Å². The molecule has 7 heteroatoms. The third-order valence-electron chi connectivity index (χ3n) is 4.55. The Hall–Kier alpha value is -3.37. The van der Waals surface area contributed by atoms with E-state index in [1.807, 2.05) is 57.3 Å². The molecule has 0 aliphatic heterocycles. The molecule has 2 aromatic heterocycles. The van der Waals surface area contributed by atoms with Crippen LogP contribution in [0.25, 0.3) is 11.8 Å². The Kier molecular flexibility index (Phi) is 5.85. The van der Waals surface area contributed by atoms with Gasteiger partial charge in [0.15, 0.2) is 5.13 Å². The minimum atomic E-state index is -0.472. The van der Waals surface area contributed by atoms with Crippen LogP contribution >= 0.6 is 11.3 Å². The number of nitrogens with zero attached hydrogens (tertiary/aromatic N) is 3. The summed E-state index contributed by atoms with van der Waals surface area (Å²) in [6, 6.07) is 9.93. The zero-order chi connectivity index (χ0) is 21.1. The molecule has 0 aliphatic rings. The zero-order valence-corrected chi connectivity index (χ0v) is 17.8. The van der Waals surface area contributed by atoms with E-state index in [9.17, 15) is 10.1 Å². The Morgan fingerprint density at radius 3 is 2.66 bits per heavy atom. The molecule has 1 amide bonds. The minimum Gasteiger partial charge on any atom is -0.495 e. The Labute approximate surface area is 174 Å². The molecule has 148 valence electrons. The molecular formula is C22H22N4O2S. The van der Waals surface area contributed by atoms with Crippen molar-refractivity contribution in [1.82, 2.24) is 9.55 Å². The van der Waals surface area contributed by atoms with Gasteiger partial charge in [-0.2, -0.15) is 5.26 Å². The number of thiazole rings is 1. The fourth-order valence-corrected chi connectivity index (χ4v) is 3.84. The summed E-state index contributed by atoms with van der Waals surface area (Å²) in [5.74, 6) is 0.283. The summed E-state index contributed by atoms with van der Waals surface area (Å²) in [5.41, 5.74) is 5.57. The van der Waals surface area contributed by atoms with Crippen molar-refractivity contribution in [2.24, 2.45) is 0 Å². The van der Waals surface area contributed by atoms with Crippen LogP contribution < -0.4 is 10.1 Å². The van der Waals surface area contributed by atoms with Crippen LogP contribution in [0.3, 0.4) is 0 Å². The summed E-state index contributed by atoms with van der Waals surface area (Å²) in [5, 5.41) is 14.5. The average molecular weight is 407 g/mol. The topological polar surface area (TPSA) is 79.9 Å². The van der Waals surface area contributed by atoms with Gasteiger partial charge in [0.25, 0.3) is 5.91 Å². The Morgan fingerprint density at radius 2 is 2.03 bits per heavy atom. The highest BCUT2D eigenvalue weighted by atomic mass is 32.1. The van der Waals surface area contributed by atoms with Gasteiger partial charge in [0.05, 0.1) is 18.5 Å². The van der Waals surface area contributed by atoms with Crippen molar-refractivity contribution in [3.05, 3.63) is 63.4 Å². The van der Waals surface area contributed by atoms with Gasteiger partial charge in [-0.1, -0.05) is 6.07 Å².